The van der Waals surface area contributed by atoms with Crippen molar-refractivity contribution in [3.05, 3.63) is 47.6 Å². The third-order valence-corrected chi connectivity index (χ3v) is 3.76. The third kappa shape index (κ3) is 2.66. The van der Waals surface area contributed by atoms with Gasteiger partial charge < -0.3 is 10.1 Å². The molecule has 0 unspecified atom stereocenters. The van der Waals surface area contributed by atoms with E-state index in [2.05, 4.69) is 21.4 Å². The Morgan fingerprint density at radius 3 is 2.84 bits per heavy atom. The minimum Gasteiger partial charge on any atom is -0.481 e. The van der Waals surface area contributed by atoms with Gasteiger partial charge in [-0.2, -0.15) is 0 Å². The lowest BCUT2D eigenvalue weighted by Gasteiger charge is -2.04. The van der Waals surface area contributed by atoms with E-state index < -0.39 is 0 Å². The molecule has 0 saturated heterocycles. The summed E-state index contributed by atoms with van der Waals surface area (Å²) in [6, 6.07) is 11.9. The van der Waals surface area contributed by atoms with E-state index in [9.17, 15) is 0 Å². The zero-order chi connectivity index (χ0) is 13.1. The molecular weight excluding hydrogens is 258 g/mol. The second-order valence-corrected chi connectivity index (χ2v) is 5.13. The van der Waals surface area contributed by atoms with Crippen molar-refractivity contribution in [2.45, 2.75) is 6.54 Å². The molecule has 2 aromatic heterocycles. The molecule has 0 radical (unpaired) electrons. The van der Waals surface area contributed by atoms with Crippen LogP contribution in [0.3, 0.4) is 0 Å². The molecule has 19 heavy (non-hydrogen) atoms. The van der Waals surface area contributed by atoms with Crippen molar-refractivity contribution < 1.29 is 4.74 Å². The minimum atomic E-state index is 0.616. The highest BCUT2D eigenvalue weighted by Gasteiger charge is 2.03. The first kappa shape index (κ1) is 11.9. The number of rotatable bonds is 4. The number of thiazole rings is 1. The molecule has 0 spiro atoms. The van der Waals surface area contributed by atoms with Gasteiger partial charge >= 0.3 is 0 Å². The monoisotopic (exact) mass is 271 g/mol. The predicted molar refractivity (Wildman–Crippen MR) is 77.7 cm³/mol. The highest BCUT2D eigenvalue weighted by atomic mass is 32.1. The van der Waals surface area contributed by atoms with Crippen molar-refractivity contribution in [3.63, 3.8) is 0 Å². The summed E-state index contributed by atoms with van der Waals surface area (Å²) in [5, 5.41) is 4.37. The van der Waals surface area contributed by atoms with Crippen molar-refractivity contribution in [3.8, 4) is 5.88 Å². The molecule has 0 aliphatic carbocycles. The molecule has 5 heteroatoms. The number of methoxy groups -OCH3 is 1. The molecule has 0 saturated carbocycles. The van der Waals surface area contributed by atoms with E-state index >= 15 is 0 Å². The minimum absolute atomic E-state index is 0.616. The first-order valence-corrected chi connectivity index (χ1v) is 6.75. The van der Waals surface area contributed by atoms with E-state index in [1.807, 2.05) is 30.3 Å². The number of nitrogens with zero attached hydrogens (tertiary/aromatic N) is 2. The van der Waals surface area contributed by atoms with Crippen molar-refractivity contribution >= 4 is 27.2 Å². The molecule has 1 aromatic carbocycles. The molecule has 0 amide bonds. The molecule has 4 nitrogen and oxygen atoms in total. The Hall–Kier alpha value is -2.14. The molecule has 3 aromatic rings. The Morgan fingerprint density at radius 2 is 2.11 bits per heavy atom. The number of nitrogens with one attached hydrogen (secondary N) is 1. The number of hydrogen-bond donors (Lipinski definition) is 1. The highest BCUT2D eigenvalue weighted by Crippen LogP contribution is 2.22. The fraction of sp³-hybridized carbons (Fsp3) is 0.143. The Labute approximate surface area is 115 Å². The Kier molecular flexibility index (Phi) is 3.29. The van der Waals surface area contributed by atoms with Crippen LogP contribution < -0.4 is 10.1 Å². The lowest BCUT2D eigenvalue weighted by molar-refractivity contribution is 0.398. The van der Waals surface area contributed by atoms with E-state index in [1.54, 1.807) is 24.6 Å². The second kappa shape index (κ2) is 5.24. The highest BCUT2D eigenvalue weighted by molar-refractivity contribution is 7.18. The quantitative estimate of drug-likeness (QED) is 0.790. The van der Waals surface area contributed by atoms with Gasteiger partial charge in [-0.1, -0.05) is 12.1 Å². The number of anilines is 1. The van der Waals surface area contributed by atoms with E-state index in [0.717, 1.165) is 16.2 Å². The number of aromatic nitrogens is 2. The topological polar surface area (TPSA) is 47.0 Å². The molecule has 0 bridgehead atoms. The molecule has 1 N–H and O–H groups in total. The van der Waals surface area contributed by atoms with Crippen LogP contribution in [0, 0.1) is 0 Å². The van der Waals surface area contributed by atoms with E-state index in [-0.39, 0.29) is 0 Å². The Bertz CT molecular complexity index is 645. The molecule has 0 aliphatic rings. The third-order valence-electron chi connectivity index (χ3n) is 2.73. The number of fused-ring (bicyclic) bond motifs is 1. The number of para-hydroxylation sites is 1. The van der Waals surface area contributed by atoms with Crippen LogP contribution in [-0.2, 0) is 6.54 Å². The standard InChI is InChI=1S/C14H13N3OS/c1-18-13-7-6-10(8-16-13)15-9-14-17-11-4-2-3-5-12(11)19-14/h2-8,15H,9H2,1H3. The predicted octanol–water partition coefficient (Wildman–Crippen LogP) is 3.31. The molecule has 96 valence electrons. The molecule has 2 heterocycles. The summed E-state index contributed by atoms with van der Waals surface area (Å²) >= 11 is 1.71. The van der Waals surface area contributed by atoms with Crippen LogP contribution in [0.4, 0.5) is 5.69 Å². The fourth-order valence-electron chi connectivity index (χ4n) is 1.78. The van der Waals surface area contributed by atoms with Crippen LogP contribution in [-0.4, -0.2) is 17.1 Å². The number of benzene rings is 1. The molecule has 0 atom stereocenters. The lowest BCUT2D eigenvalue weighted by atomic mass is 10.3. The maximum atomic E-state index is 5.02. The Balaban J connectivity index is 1.70. The van der Waals surface area contributed by atoms with Gasteiger partial charge in [0.2, 0.25) is 5.88 Å². The fourth-order valence-corrected chi connectivity index (χ4v) is 2.69. The number of pyridine rings is 1. The average Bonchev–Trinajstić information content (AvgIpc) is 2.88. The zero-order valence-electron chi connectivity index (χ0n) is 10.5. The van der Waals surface area contributed by atoms with Crippen LogP contribution in [0.1, 0.15) is 5.01 Å². The van der Waals surface area contributed by atoms with E-state index in [4.69, 9.17) is 4.74 Å². The molecule has 0 fully saturated rings. The maximum absolute atomic E-state index is 5.02. The van der Waals surface area contributed by atoms with Crippen molar-refractivity contribution in [1.29, 1.82) is 0 Å². The summed E-state index contributed by atoms with van der Waals surface area (Å²) in [7, 11) is 1.61. The average molecular weight is 271 g/mol. The van der Waals surface area contributed by atoms with Gasteiger partial charge in [0.05, 0.1) is 35.8 Å². The van der Waals surface area contributed by atoms with Gasteiger partial charge in [-0.15, -0.1) is 11.3 Å². The normalized spacial score (nSPS) is 10.6. The Morgan fingerprint density at radius 1 is 1.21 bits per heavy atom. The molecular formula is C14H13N3OS. The molecule has 0 aliphatic heterocycles. The zero-order valence-corrected chi connectivity index (χ0v) is 11.3. The van der Waals surface area contributed by atoms with Crippen LogP contribution in [0.25, 0.3) is 10.2 Å². The van der Waals surface area contributed by atoms with Gasteiger partial charge in [0.15, 0.2) is 0 Å². The lowest BCUT2D eigenvalue weighted by Crippen LogP contribution is -1.99. The summed E-state index contributed by atoms with van der Waals surface area (Å²) in [5.41, 5.74) is 2.01. The molecule has 3 rings (SSSR count). The van der Waals surface area contributed by atoms with Gasteiger partial charge in [-0.25, -0.2) is 9.97 Å². The van der Waals surface area contributed by atoms with Crippen LogP contribution in [0.2, 0.25) is 0 Å². The summed E-state index contributed by atoms with van der Waals surface area (Å²) < 4.78 is 6.24. The van der Waals surface area contributed by atoms with Crippen LogP contribution >= 0.6 is 11.3 Å². The SMILES string of the molecule is COc1ccc(NCc2nc3ccccc3s2)cn1. The first-order valence-electron chi connectivity index (χ1n) is 5.93. The van der Waals surface area contributed by atoms with Gasteiger partial charge in [-0.05, 0) is 18.2 Å². The second-order valence-electron chi connectivity index (χ2n) is 4.02. The summed E-state index contributed by atoms with van der Waals surface area (Å²) in [5.74, 6) is 0.616. The van der Waals surface area contributed by atoms with Gasteiger partial charge in [0.1, 0.15) is 5.01 Å². The van der Waals surface area contributed by atoms with Crippen molar-refractivity contribution in [2.75, 3.05) is 12.4 Å². The van der Waals surface area contributed by atoms with Gasteiger partial charge in [0, 0.05) is 6.07 Å². The van der Waals surface area contributed by atoms with E-state index in [1.165, 1.54) is 4.70 Å². The smallest absolute Gasteiger partial charge is 0.213 e. The summed E-state index contributed by atoms with van der Waals surface area (Å²) in [6.45, 7) is 0.702. The summed E-state index contributed by atoms with van der Waals surface area (Å²) in [4.78, 5) is 8.72. The first-order chi connectivity index (χ1) is 9.35. The van der Waals surface area contributed by atoms with Gasteiger partial charge in [-0.3, -0.25) is 0 Å². The van der Waals surface area contributed by atoms with Crippen molar-refractivity contribution in [1.82, 2.24) is 9.97 Å². The number of hydrogen-bond acceptors (Lipinski definition) is 5. The van der Waals surface area contributed by atoms with Gasteiger partial charge in [0.25, 0.3) is 0 Å². The maximum Gasteiger partial charge on any atom is 0.213 e. The van der Waals surface area contributed by atoms with Crippen LogP contribution in [0.15, 0.2) is 42.6 Å². The van der Waals surface area contributed by atoms with Crippen LogP contribution in [0.5, 0.6) is 5.88 Å². The van der Waals surface area contributed by atoms with Crippen molar-refractivity contribution in [2.24, 2.45) is 0 Å². The number of ether oxygens (including phenoxy) is 1. The van der Waals surface area contributed by atoms with E-state index in [0.29, 0.717) is 12.4 Å². The largest absolute Gasteiger partial charge is 0.481 e. The summed E-state index contributed by atoms with van der Waals surface area (Å²) in [6.07, 6.45) is 1.76.